The molecule has 0 bridgehead atoms. The molecule has 0 amide bonds. The lowest BCUT2D eigenvalue weighted by atomic mass is 9.78. The Morgan fingerprint density at radius 1 is 1.18 bits per heavy atom. The van der Waals surface area contributed by atoms with Crippen LogP contribution in [0.5, 0.6) is 11.5 Å². The number of phenolic OH excluding ortho intramolecular Hbond substituents is 2. The van der Waals surface area contributed by atoms with E-state index >= 15 is 0 Å². The molecule has 0 aliphatic carbocycles. The second-order valence-electron chi connectivity index (χ2n) is 10.2. The zero-order valence-electron chi connectivity index (χ0n) is 19.9. The number of ether oxygens (including phenoxy) is 2. The van der Waals surface area contributed by atoms with Crippen LogP contribution in [0.4, 0.5) is 0 Å². The molecule has 0 aromatic heterocycles. The zero-order chi connectivity index (χ0) is 24.7. The third-order valence-electron chi connectivity index (χ3n) is 6.74. The number of aldehydes is 1. The van der Waals surface area contributed by atoms with Gasteiger partial charge in [-0.25, -0.2) is 0 Å². The number of carbonyl (C=O) groups excluding carboxylic acids is 2. The minimum absolute atomic E-state index is 0.0711. The molecule has 3 rings (SSSR count). The fourth-order valence-electron chi connectivity index (χ4n) is 5.05. The Balaban J connectivity index is 1.97. The number of aliphatic hydroxyl groups is 2. The van der Waals surface area contributed by atoms with Crippen molar-refractivity contribution in [2.45, 2.75) is 90.5 Å². The largest absolute Gasteiger partial charge is 0.507 e. The molecule has 1 spiro atoms. The van der Waals surface area contributed by atoms with Crippen LogP contribution < -0.4 is 0 Å². The molecular formula is C25H36O8. The van der Waals surface area contributed by atoms with Crippen molar-refractivity contribution >= 4 is 12.1 Å². The molecule has 2 saturated heterocycles. The highest BCUT2D eigenvalue weighted by Gasteiger charge is 2.68. The number of hydrogen-bond acceptors (Lipinski definition) is 8. The highest BCUT2D eigenvalue weighted by Crippen LogP contribution is 2.50. The zero-order valence-corrected chi connectivity index (χ0v) is 19.9. The smallest absolute Gasteiger partial charge is 0.189 e. The highest BCUT2D eigenvalue weighted by atomic mass is 16.7. The summed E-state index contributed by atoms with van der Waals surface area (Å²) in [6.45, 7) is 9.64. The Kier molecular flexibility index (Phi) is 7.53. The predicted molar refractivity (Wildman–Crippen MR) is 120 cm³/mol. The molecule has 184 valence electrons. The summed E-state index contributed by atoms with van der Waals surface area (Å²) in [5.74, 6) is -1.92. The predicted octanol–water partition coefficient (Wildman–Crippen LogP) is 2.97. The average Bonchev–Trinajstić information content (AvgIpc) is 3.48. The molecule has 8 nitrogen and oxygen atoms in total. The molecule has 1 aromatic carbocycles. The molecule has 1 aromatic rings. The van der Waals surface area contributed by atoms with E-state index in [0.717, 1.165) is 0 Å². The van der Waals surface area contributed by atoms with Gasteiger partial charge in [0.05, 0.1) is 29.4 Å². The van der Waals surface area contributed by atoms with Crippen LogP contribution in [-0.2, 0) is 15.9 Å². The van der Waals surface area contributed by atoms with Crippen LogP contribution in [-0.4, -0.2) is 62.7 Å². The molecular weight excluding hydrogens is 428 g/mol. The number of aliphatic hydroxyl groups excluding tert-OH is 2. The number of carbonyl (C=O) groups is 2. The first kappa shape index (κ1) is 25.6. The summed E-state index contributed by atoms with van der Waals surface area (Å²) in [6.07, 6.45) is -1.66. The molecule has 2 fully saturated rings. The van der Waals surface area contributed by atoms with E-state index in [0.29, 0.717) is 31.1 Å². The summed E-state index contributed by atoms with van der Waals surface area (Å²) in [6, 6.07) is 1.43. The lowest BCUT2D eigenvalue weighted by Crippen LogP contribution is -2.55. The van der Waals surface area contributed by atoms with Gasteiger partial charge in [-0.15, -0.1) is 0 Å². The fraction of sp³-hybridized carbons (Fsp3) is 0.680. The van der Waals surface area contributed by atoms with Gasteiger partial charge in [-0.2, -0.15) is 0 Å². The van der Waals surface area contributed by atoms with Gasteiger partial charge in [-0.05, 0) is 42.7 Å². The van der Waals surface area contributed by atoms with Gasteiger partial charge >= 0.3 is 0 Å². The number of epoxide rings is 1. The number of ketones is 1. The summed E-state index contributed by atoms with van der Waals surface area (Å²) < 4.78 is 11.4. The van der Waals surface area contributed by atoms with Gasteiger partial charge in [-0.1, -0.05) is 34.6 Å². The van der Waals surface area contributed by atoms with E-state index in [1.165, 1.54) is 6.07 Å². The number of aromatic hydroxyl groups is 2. The van der Waals surface area contributed by atoms with Crippen LogP contribution in [0.1, 0.15) is 80.2 Å². The first-order valence-corrected chi connectivity index (χ1v) is 11.7. The maximum atomic E-state index is 13.7. The third kappa shape index (κ3) is 4.67. The van der Waals surface area contributed by atoms with Gasteiger partial charge in [0.1, 0.15) is 11.5 Å². The first-order valence-electron chi connectivity index (χ1n) is 11.7. The van der Waals surface area contributed by atoms with E-state index in [9.17, 15) is 30.0 Å². The van der Waals surface area contributed by atoms with Gasteiger partial charge in [0.15, 0.2) is 24.0 Å². The van der Waals surface area contributed by atoms with E-state index in [2.05, 4.69) is 0 Å². The van der Waals surface area contributed by atoms with E-state index < -0.39 is 41.5 Å². The molecule has 4 unspecified atom stereocenters. The van der Waals surface area contributed by atoms with Crippen LogP contribution in [0, 0.1) is 17.8 Å². The molecule has 2 aliphatic heterocycles. The maximum absolute atomic E-state index is 13.7. The number of phenols is 2. The molecule has 0 saturated carbocycles. The van der Waals surface area contributed by atoms with Crippen LogP contribution in [0.2, 0.25) is 0 Å². The summed E-state index contributed by atoms with van der Waals surface area (Å²) >= 11 is 0. The second-order valence-corrected chi connectivity index (χ2v) is 10.2. The van der Waals surface area contributed by atoms with Crippen molar-refractivity contribution in [2.75, 3.05) is 0 Å². The quantitative estimate of drug-likeness (QED) is 0.249. The minimum atomic E-state index is -1.38. The Morgan fingerprint density at radius 2 is 1.85 bits per heavy atom. The van der Waals surface area contributed by atoms with Crippen LogP contribution >= 0.6 is 0 Å². The van der Waals surface area contributed by atoms with E-state index in [4.69, 9.17) is 9.47 Å². The lowest BCUT2D eigenvalue weighted by Gasteiger charge is -2.39. The standard InChI is InChI=1S/C25H36O8/c1-6-20-25(33-20)19(27)10-18(32-24(25)31)15(8-13(4)5)22(29)16-9-14(7-12(2)3)21(28)17(11-26)23(16)30/h9,11-13,15,18-20,24,27-28,30-31H,6-8,10H2,1-5H3/t15?,18?,19?,20-,24+,25?/m0/s1. The lowest BCUT2D eigenvalue weighted by molar-refractivity contribution is -0.239. The van der Waals surface area contributed by atoms with E-state index in [1.54, 1.807) is 0 Å². The Morgan fingerprint density at radius 3 is 2.33 bits per heavy atom. The maximum Gasteiger partial charge on any atom is 0.189 e. The van der Waals surface area contributed by atoms with E-state index in [-0.39, 0.29) is 41.2 Å². The summed E-state index contributed by atoms with van der Waals surface area (Å²) in [4.78, 5) is 25.3. The fourth-order valence-corrected chi connectivity index (χ4v) is 5.05. The Bertz CT molecular complexity index is 881. The van der Waals surface area contributed by atoms with Crippen molar-refractivity contribution in [2.24, 2.45) is 17.8 Å². The Labute approximate surface area is 194 Å². The second kappa shape index (κ2) is 9.70. The van der Waals surface area contributed by atoms with Gasteiger partial charge in [0, 0.05) is 12.3 Å². The summed E-state index contributed by atoms with van der Waals surface area (Å²) in [5, 5.41) is 42.5. The number of hydrogen-bond donors (Lipinski definition) is 4. The van der Waals surface area contributed by atoms with Crippen LogP contribution in [0.15, 0.2) is 6.07 Å². The SMILES string of the molecule is CC[C@@H]1OC12C(O)CC(C(CC(C)C)C(=O)c1cc(CC(C)C)c(O)c(C=O)c1O)O[C@H]2O. The van der Waals surface area contributed by atoms with E-state index in [1.807, 2.05) is 34.6 Å². The minimum Gasteiger partial charge on any atom is -0.507 e. The normalized spacial score (nSPS) is 30.1. The topological polar surface area (TPSA) is 137 Å². The number of rotatable bonds is 9. The monoisotopic (exact) mass is 464 g/mol. The van der Waals surface area contributed by atoms with Crippen molar-refractivity contribution in [1.29, 1.82) is 0 Å². The van der Waals surface area contributed by atoms with Crippen molar-refractivity contribution in [1.82, 2.24) is 0 Å². The van der Waals surface area contributed by atoms with Crippen LogP contribution in [0.3, 0.4) is 0 Å². The summed E-state index contributed by atoms with van der Waals surface area (Å²) in [5.41, 5.74) is -1.15. The summed E-state index contributed by atoms with van der Waals surface area (Å²) in [7, 11) is 0. The molecule has 6 atom stereocenters. The first-order chi connectivity index (χ1) is 15.5. The van der Waals surface area contributed by atoms with Gasteiger partial charge in [0.25, 0.3) is 0 Å². The molecule has 2 aliphatic rings. The molecule has 8 heteroatoms. The molecule has 2 heterocycles. The number of Topliss-reactive ketones (excluding diaryl/α,β-unsaturated/α-hetero) is 1. The third-order valence-corrected chi connectivity index (χ3v) is 6.74. The van der Waals surface area contributed by atoms with Gasteiger partial charge in [-0.3, -0.25) is 9.59 Å². The van der Waals surface area contributed by atoms with Crippen molar-refractivity contribution in [3.63, 3.8) is 0 Å². The van der Waals surface area contributed by atoms with Crippen LogP contribution in [0.25, 0.3) is 0 Å². The average molecular weight is 465 g/mol. The van der Waals surface area contributed by atoms with Crippen molar-refractivity contribution < 1.29 is 39.5 Å². The van der Waals surface area contributed by atoms with Crippen molar-refractivity contribution in [3.05, 3.63) is 22.8 Å². The molecule has 4 N–H and O–H groups in total. The molecule has 33 heavy (non-hydrogen) atoms. The van der Waals surface area contributed by atoms with Gasteiger partial charge < -0.3 is 29.9 Å². The highest BCUT2D eigenvalue weighted by molar-refractivity contribution is 6.04. The molecule has 0 radical (unpaired) electrons. The number of benzene rings is 1. The van der Waals surface area contributed by atoms with Crippen molar-refractivity contribution in [3.8, 4) is 11.5 Å². The Hall–Kier alpha value is -2.00. The van der Waals surface area contributed by atoms with Gasteiger partial charge in [0.2, 0.25) is 0 Å².